The number of nitrogens with one attached hydrogen (secondary N) is 1. The third kappa shape index (κ3) is 3.92. The molecule has 0 spiro atoms. The molecule has 5 nitrogen and oxygen atoms in total. The van der Waals surface area contributed by atoms with E-state index in [-0.39, 0.29) is 11.5 Å². The van der Waals surface area contributed by atoms with Crippen molar-refractivity contribution in [3.05, 3.63) is 64.0 Å². The van der Waals surface area contributed by atoms with Crippen LogP contribution in [0, 0.1) is 15.9 Å². The van der Waals surface area contributed by atoms with Crippen molar-refractivity contribution in [3.8, 4) is 5.75 Å². The Morgan fingerprint density at radius 1 is 1.29 bits per heavy atom. The van der Waals surface area contributed by atoms with E-state index in [1.54, 1.807) is 18.2 Å². The summed E-state index contributed by atoms with van der Waals surface area (Å²) in [5, 5.41) is 14.0. The van der Waals surface area contributed by atoms with Crippen LogP contribution < -0.4 is 10.1 Å². The zero-order valence-corrected chi connectivity index (χ0v) is 11.5. The Balaban J connectivity index is 2.04. The molecule has 0 saturated heterocycles. The third-order valence-electron chi connectivity index (χ3n) is 3.02. The number of benzene rings is 2. The Morgan fingerprint density at radius 2 is 2.10 bits per heavy atom. The first-order valence-corrected chi connectivity index (χ1v) is 6.41. The molecule has 0 heterocycles. The maximum Gasteiger partial charge on any atom is 0.296 e. The highest BCUT2D eigenvalue weighted by Gasteiger charge is 2.14. The number of nitro benzene ring substituents is 1. The Labute approximate surface area is 121 Å². The fraction of sp³-hybridized carbons (Fsp3) is 0.200. The van der Waals surface area contributed by atoms with E-state index in [9.17, 15) is 14.5 Å². The van der Waals surface area contributed by atoms with Crippen molar-refractivity contribution >= 4 is 11.4 Å². The van der Waals surface area contributed by atoms with Crippen LogP contribution in [-0.2, 0) is 6.42 Å². The number of methoxy groups -OCH3 is 1. The minimum Gasteiger partial charge on any atom is -0.496 e. The van der Waals surface area contributed by atoms with Crippen LogP contribution in [0.25, 0.3) is 0 Å². The van der Waals surface area contributed by atoms with Gasteiger partial charge in [-0.3, -0.25) is 10.1 Å². The van der Waals surface area contributed by atoms with E-state index in [0.29, 0.717) is 24.4 Å². The molecule has 2 aromatic rings. The SMILES string of the molecule is COc1ccc(NCCc2cccc(F)c2)c([N+](=O)[O-])c1. The fourth-order valence-corrected chi connectivity index (χ4v) is 1.97. The molecule has 0 aliphatic rings. The molecule has 1 N–H and O–H groups in total. The van der Waals surface area contributed by atoms with Gasteiger partial charge in [-0.1, -0.05) is 12.1 Å². The second kappa shape index (κ2) is 6.69. The number of ether oxygens (including phenoxy) is 1. The molecule has 110 valence electrons. The van der Waals surface area contributed by atoms with Gasteiger partial charge < -0.3 is 10.1 Å². The topological polar surface area (TPSA) is 64.4 Å². The van der Waals surface area contributed by atoms with Gasteiger partial charge in [-0.2, -0.15) is 0 Å². The van der Waals surface area contributed by atoms with Gasteiger partial charge in [0.05, 0.1) is 18.1 Å². The zero-order chi connectivity index (χ0) is 15.2. The van der Waals surface area contributed by atoms with Crippen molar-refractivity contribution in [2.45, 2.75) is 6.42 Å². The van der Waals surface area contributed by atoms with Gasteiger partial charge >= 0.3 is 0 Å². The van der Waals surface area contributed by atoms with Crippen LogP contribution in [0.1, 0.15) is 5.56 Å². The average molecular weight is 290 g/mol. The monoisotopic (exact) mass is 290 g/mol. The van der Waals surface area contributed by atoms with Crippen LogP contribution in [0.15, 0.2) is 42.5 Å². The normalized spacial score (nSPS) is 10.2. The molecular formula is C15H15FN2O3. The molecule has 0 aromatic heterocycles. The van der Waals surface area contributed by atoms with E-state index < -0.39 is 4.92 Å². The predicted molar refractivity (Wildman–Crippen MR) is 78.2 cm³/mol. The van der Waals surface area contributed by atoms with E-state index in [0.717, 1.165) is 5.56 Å². The summed E-state index contributed by atoms with van der Waals surface area (Å²) in [6.07, 6.45) is 0.570. The lowest BCUT2D eigenvalue weighted by Crippen LogP contribution is -2.07. The molecular weight excluding hydrogens is 275 g/mol. The second-order valence-electron chi connectivity index (χ2n) is 4.45. The first-order valence-electron chi connectivity index (χ1n) is 6.41. The molecule has 6 heteroatoms. The Morgan fingerprint density at radius 3 is 2.76 bits per heavy atom. The number of nitro groups is 1. The number of hydrogen-bond acceptors (Lipinski definition) is 4. The number of nitrogens with zero attached hydrogens (tertiary/aromatic N) is 1. The maximum atomic E-state index is 13.0. The lowest BCUT2D eigenvalue weighted by molar-refractivity contribution is -0.384. The summed E-state index contributed by atoms with van der Waals surface area (Å²) in [6.45, 7) is 0.469. The van der Waals surface area contributed by atoms with Crippen LogP contribution in [0.5, 0.6) is 5.75 Å². The summed E-state index contributed by atoms with van der Waals surface area (Å²) >= 11 is 0. The quantitative estimate of drug-likeness (QED) is 0.654. The van der Waals surface area contributed by atoms with Gasteiger partial charge in [-0.15, -0.1) is 0 Å². The minimum atomic E-state index is -0.465. The summed E-state index contributed by atoms with van der Waals surface area (Å²) in [5.41, 5.74) is 1.20. The highest BCUT2D eigenvalue weighted by Crippen LogP contribution is 2.28. The molecule has 0 aliphatic heterocycles. The second-order valence-corrected chi connectivity index (χ2v) is 4.45. The summed E-state index contributed by atoms with van der Waals surface area (Å²) < 4.78 is 18.0. The molecule has 21 heavy (non-hydrogen) atoms. The first-order chi connectivity index (χ1) is 10.1. The Kier molecular flexibility index (Phi) is 4.71. The van der Waals surface area contributed by atoms with Crippen LogP contribution in [0.2, 0.25) is 0 Å². The number of rotatable bonds is 6. The van der Waals surface area contributed by atoms with Crippen molar-refractivity contribution in [2.24, 2.45) is 0 Å². The van der Waals surface area contributed by atoms with Gasteiger partial charge in [0.25, 0.3) is 5.69 Å². The van der Waals surface area contributed by atoms with Crippen LogP contribution in [-0.4, -0.2) is 18.6 Å². The molecule has 0 fully saturated rings. The smallest absolute Gasteiger partial charge is 0.296 e. The molecule has 0 unspecified atom stereocenters. The molecule has 0 amide bonds. The molecule has 0 atom stereocenters. The van der Waals surface area contributed by atoms with Crippen molar-refractivity contribution in [1.29, 1.82) is 0 Å². The van der Waals surface area contributed by atoms with E-state index in [2.05, 4.69) is 5.32 Å². The molecule has 2 aromatic carbocycles. The lowest BCUT2D eigenvalue weighted by atomic mass is 10.1. The third-order valence-corrected chi connectivity index (χ3v) is 3.02. The Bertz CT molecular complexity index is 647. The summed E-state index contributed by atoms with van der Waals surface area (Å²) in [4.78, 5) is 10.6. The summed E-state index contributed by atoms with van der Waals surface area (Å²) in [6, 6.07) is 10.9. The van der Waals surface area contributed by atoms with E-state index in [4.69, 9.17) is 4.74 Å². The van der Waals surface area contributed by atoms with Gasteiger partial charge in [0.2, 0.25) is 0 Å². The van der Waals surface area contributed by atoms with Crippen molar-refractivity contribution in [2.75, 3.05) is 19.0 Å². The summed E-state index contributed by atoms with van der Waals surface area (Å²) in [5.74, 6) is 0.139. The molecule has 0 aliphatic carbocycles. The number of halogens is 1. The largest absolute Gasteiger partial charge is 0.496 e. The number of anilines is 1. The van der Waals surface area contributed by atoms with Crippen LogP contribution in [0.4, 0.5) is 15.8 Å². The van der Waals surface area contributed by atoms with E-state index in [1.807, 2.05) is 6.07 Å². The van der Waals surface area contributed by atoms with Gasteiger partial charge in [0, 0.05) is 6.54 Å². The van der Waals surface area contributed by atoms with E-state index in [1.165, 1.54) is 25.3 Å². The summed E-state index contributed by atoms with van der Waals surface area (Å²) in [7, 11) is 1.45. The van der Waals surface area contributed by atoms with E-state index >= 15 is 0 Å². The van der Waals surface area contributed by atoms with Gasteiger partial charge in [-0.25, -0.2) is 4.39 Å². The van der Waals surface area contributed by atoms with Crippen molar-refractivity contribution < 1.29 is 14.1 Å². The van der Waals surface area contributed by atoms with Crippen molar-refractivity contribution in [3.63, 3.8) is 0 Å². The van der Waals surface area contributed by atoms with Gasteiger partial charge in [0.1, 0.15) is 17.3 Å². The Hall–Kier alpha value is -2.63. The highest BCUT2D eigenvalue weighted by atomic mass is 19.1. The molecule has 0 bridgehead atoms. The fourth-order valence-electron chi connectivity index (χ4n) is 1.97. The van der Waals surface area contributed by atoms with Crippen molar-refractivity contribution in [1.82, 2.24) is 0 Å². The highest BCUT2D eigenvalue weighted by molar-refractivity contribution is 5.63. The van der Waals surface area contributed by atoms with Gasteiger partial charge in [-0.05, 0) is 36.2 Å². The maximum absolute atomic E-state index is 13.0. The molecule has 0 radical (unpaired) electrons. The predicted octanol–water partition coefficient (Wildman–Crippen LogP) is 3.40. The molecule has 0 saturated carbocycles. The molecule has 2 rings (SSSR count). The van der Waals surface area contributed by atoms with Crippen LogP contribution in [0.3, 0.4) is 0 Å². The lowest BCUT2D eigenvalue weighted by Gasteiger charge is -2.08. The number of hydrogen-bond donors (Lipinski definition) is 1. The first kappa shape index (κ1) is 14.8. The zero-order valence-electron chi connectivity index (χ0n) is 11.5. The standard InChI is InChI=1S/C15H15FN2O3/c1-21-13-5-6-14(15(10-13)18(19)20)17-8-7-11-3-2-4-12(16)9-11/h2-6,9-10,17H,7-8H2,1H3. The van der Waals surface area contributed by atoms with Gasteiger partial charge in [0.15, 0.2) is 0 Å². The van der Waals surface area contributed by atoms with Crippen LogP contribution >= 0.6 is 0 Å². The minimum absolute atomic E-state index is 0.0476. The average Bonchev–Trinajstić information content (AvgIpc) is 2.47.